The second-order valence-corrected chi connectivity index (χ2v) is 18.1. The topological polar surface area (TPSA) is 89.8 Å². The Morgan fingerprint density at radius 3 is 0.857 bits per heavy atom. The Balaban J connectivity index is 3.36. The monoisotopic (exact) mass is 794 g/mol. The third-order valence-electron chi connectivity index (χ3n) is 12.5. The molecule has 0 rings (SSSR count). The molecule has 3 atom stereocenters. The molecule has 0 aromatic heterocycles. The lowest BCUT2D eigenvalue weighted by Crippen LogP contribution is -2.50. The van der Waals surface area contributed by atoms with Crippen LogP contribution in [0.2, 0.25) is 0 Å². The fraction of sp³-hybridized carbons (Fsp3) is 0.980. The Morgan fingerprint density at radius 1 is 0.375 bits per heavy atom. The summed E-state index contributed by atoms with van der Waals surface area (Å²) in [7, 11) is 0. The lowest BCUT2D eigenvalue weighted by Gasteiger charge is -2.26. The third kappa shape index (κ3) is 41.5. The van der Waals surface area contributed by atoms with Gasteiger partial charge >= 0.3 is 0 Å². The van der Waals surface area contributed by atoms with Crippen molar-refractivity contribution in [2.45, 2.75) is 315 Å². The number of unbranched alkanes of at least 4 members (excludes halogenated alkanes) is 40. The van der Waals surface area contributed by atoms with Crippen LogP contribution in [0.15, 0.2) is 0 Å². The number of carbonyl (C=O) groups is 1. The number of hydrogen-bond acceptors (Lipinski definition) is 4. The van der Waals surface area contributed by atoms with Gasteiger partial charge in [-0.05, 0) is 12.8 Å². The van der Waals surface area contributed by atoms with E-state index in [4.69, 9.17) is 0 Å². The molecule has 0 fully saturated rings. The molecule has 0 spiro atoms. The number of amides is 1. The highest BCUT2D eigenvalue weighted by molar-refractivity contribution is 5.76. The lowest BCUT2D eigenvalue weighted by molar-refractivity contribution is -0.124. The molecular weight excluding hydrogens is 691 g/mol. The maximum absolute atomic E-state index is 12.4. The second-order valence-electron chi connectivity index (χ2n) is 18.1. The maximum Gasteiger partial charge on any atom is 0.220 e. The summed E-state index contributed by atoms with van der Waals surface area (Å²) in [6.45, 7) is 4.17. The minimum Gasteiger partial charge on any atom is -0.394 e. The van der Waals surface area contributed by atoms with Crippen molar-refractivity contribution in [2.75, 3.05) is 6.61 Å². The predicted octanol–water partition coefficient (Wildman–Crippen LogP) is 15.4. The van der Waals surface area contributed by atoms with Gasteiger partial charge in [-0.1, -0.05) is 277 Å². The lowest BCUT2D eigenvalue weighted by atomic mass is 9.99. The van der Waals surface area contributed by atoms with Crippen LogP contribution in [0.5, 0.6) is 0 Å². The first kappa shape index (κ1) is 55.4. The minimum atomic E-state index is -1.13. The van der Waals surface area contributed by atoms with Gasteiger partial charge in [0.2, 0.25) is 5.91 Å². The third-order valence-corrected chi connectivity index (χ3v) is 12.5. The Labute approximate surface area is 351 Å². The zero-order valence-corrected chi connectivity index (χ0v) is 38.3. The molecular formula is C51H103NO4. The number of rotatable bonds is 48. The molecule has 0 aliphatic rings. The molecule has 0 aliphatic carbocycles. The molecule has 56 heavy (non-hydrogen) atoms. The largest absolute Gasteiger partial charge is 0.394 e. The summed E-state index contributed by atoms with van der Waals surface area (Å²) < 4.78 is 0. The molecule has 0 heterocycles. The van der Waals surface area contributed by atoms with Crippen molar-refractivity contribution in [3.8, 4) is 0 Å². The molecule has 5 heteroatoms. The van der Waals surface area contributed by atoms with Gasteiger partial charge < -0.3 is 20.6 Å². The van der Waals surface area contributed by atoms with Crippen LogP contribution in [0.4, 0.5) is 0 Å². The normalized spacial score (nSPS) is 13.3. The van der Waals surface area contributed by atoms with Crippen LogP contribution in [0.3, 0.4) is 0 Å². The van der Waals surface area contributed by atoms with Crippen molar-refractivity contribution in [3.63, 3.8) is 0 Å². The molecule has 5 nitrogen and oxygen atoms in total. The highest BCUT2D eigenvalue weighted by Crippen LogP contribution is 2.18. The van der Waals surface area contributed by atoms with Crippen molar-refractivity contribution in [1.29, 1.82) is 0 Å². The quantitative estimate of drug-likeness (QED) is 0.0462. The van der Waals surface area contributed by atoms with Gasteiger partial charge in [0.25, 0.3) is 0 Å². The molecule has 0 radical (unpaired) electrons. The van der Waals surface area contributed by atoms with Crippen LogP contribution in [0.1, 0.15) is 296 Å². The molecule has 0 aromatic carbocycles. The SMILES string of the molecule is CCCCCCCCCCCCCCCCCCCCCCCCCCCCCCCCCCCCC(=O)N[C@@H](CO)[C@H](O)[C@H](O)CCCCCCCCCC. The van der Waals surface area contributed by atoms with Gasteiger partial charge in [0, 0.05) is 6.42 Å². The molecule has 1 amide bonds. The Hall–Kier alpha value is -0.650. The molecule has 0 bridgehead atoms. The molecule has 0 aliphatic heterocycles. The van der Waals surface area contributed by atoms with E-state index in [-0.39, 0.29) is 12.5 Å². The van der Waals surface area contributed by atoms with E-state index in [0.717, 1.165) is 38.5 Å². The molecule has 0 aromatic rings. The fourth-order valence-corrected chi connectivity index (χ4v) is 8.46. The van der Waals surface area contributed by atoms with Gasteiger partial charge in [0.05, 0.1) is 18.8 Å². The molecule has 0 saturated heterocycles. The van der Waals surface area contributed by atoms with E-state index < -0.39 is 18.2 Å². The number of hydrogen-bond donors (Lipinski definition) is 4. The highest BCUT2D eigenvalue weighted by Gasteiger charge is 2.26. The van der Waals surface area contributed by atoms with E-state index in [0.29, 0.717) is 12.8 Å². The summed E-state index contributed by atoms with van der Waals surface area (Å²) in [5.74, 6) is -0.140. The molecule has 0 unspecified atom stereocenters. The van der Waals surface area contributed by atoms with E-state index >= 15 is 0 Å². The van der Waals surface area contributed by atoms with Crippen molar-refractivity contribution in [1.82, 2.24) is 5.32 Å². The van der Waals surface area contributed by atoms with Gasteiger partial charge in [-0.25, -0.2) is 0 Å². The zero-order chi connectivity index (χ0) is 40.8. The number of nitrogens with one attached hydrogen (secondary N) is 1. The summed E-state index contributed by atoms with van der Waals surface area (Å²) in [6.07, 6.45) is 55.7. The average Bonchev–Trinajstić information content (AvgIpc) is 3.20. The van der Waals surface area contributed by atoms with E-state index in [1.165, 1.54) is 231 Å². The smallest absolute Gasteiger partial charge is 0.220 e. The van der Waals surface area contributed by atoms with Crippen molar-refractivity contribution < 1.29 is 20.1 Å². The zero-order valence-electron chi connectivity index (χ0n) is 38.3. The first-order valence-electron chi connectivity index (χ1n) is 25.8. The molecule has 0 saturated carbocycles. The average molecular weight is 794 g/mol. The van der Waals surface area contributed by atoms with Crippen molar-refractivity contribution in [3.05, 3.63) is 0 Å². The van der Waals surface area contributed by atoms with Gasteiger partial charge in [0.15, 0.2) is 0 Å². The van der Waals surface area contributed by atoms with Crippen molar-refractivity contribution in [2.24, 2.45) is 0 Å². The first-order chi connectivity index (χ1) is 27.6. The summed E-state index contributed by atoms with van der Waals surface area (Å²) in [5, 5.41) is 33.4. The summed E-state index contributed by atoms with van der Waals surface area (Å²) in [4.78, 5) is 12.4. The Bertz CT molecular complexity index is 747. The second kappa shape index (κ2) is 47.0. The Morgan fingerprint density at radius 2 is 0.607 bits per heavy atom. The standard InChI is InChI=1S/C51H103NO4/c1-3-5-7-9-11-13-14-15-16-17-18-19-20-21-22-23-24-25-26-27-28-29-30-31-32-33-34-35-36-37-38-40-42-44-46-50(55)52-48(47-53)51(56)49(54)45-43-41-39-12-10-8-6-4-2/h48-49,51,53-54,56H,3-47H2,1-2H3,(H,52,55)/t48-,49+,51-/m0/s1. The van der Waals surface area contributed by atoms with Crippen LogP contribution < -0.4 is 5.32 Å². The molecule has 4 N–H and O–H groups in total. The van der Waals surface area contributed by atoms with Gasteiger partial charge in [-0.2, -0.15) is 0 Å². The number of aliphatic hydroxyl groups is 3. The number of carbonyl (C=O) groups excluding carboxylic acids is 1. The van der Waals surface area contributed by atoms with Crippen LogP contribution in [-0.4, -0.2) is 46.1 Å². The maximum atomic E-state index is 12.4. The summed E-state index contributed by atoms with van der Waals surface area (Å²) in [5.41, 5.74) is 0. The predicted molar refractivity (Wildman–Crippen MR) is 246 cm³/mol. The molecule has 336 valence electrons. The van der Waals surface area contributed by atoms with Crippen LogP contribution in [-0.2, 0) is 4.79 Å². The van der Waals surface area contributed by atoms with E-state index in [1.54, 1.807) is 0 Å². The van der Waals surface area contributed by atoms with Gasteiger partial charge in [-0.15, -0.1) is 0 Å². The van der Waals surface area contributed by atoms with Crippen LogP contribution in [0, 0.1) is 0 Å². The Kier molecular flexibility index (Phi) is 46.5. The summed E-state index contributed by atoms with van der Waals surface area (Å²) >= 11 is 0. The fourth-order valence-electron chi connectivity index (χ4n) is 8.46. The van der Waals surface area contributed by atoms with E-state index in [2.05, 4.69) is 19.2 Å². The first-order valence-corrected chi connectivity index (χ1v) is 25.8. The van der Waals surface area contributed by atoms with Crippen molar-refractivity contribution >= 4 is 5.91 Å². The number of aliphatic hydroxyl groups excluding tert-OH is 3. The van der Waals surface area contributed by atoms with E-state index in [9.17, 15) is 20.1 Å². The van der Waals surface area contributed by atoms with E-state index in [1.807, 2.05) is 0 Å². The summed E-state index contributed by atoms with van der Waals surface area (Å²) in [6, 6.07) is -0.801. The minimum absolute atomic E-state index is 0.140. The highest BCUT2D eigenvalue weighted by atomic mass is 16.3. The van der Waals surface area contributed by atoms with Gasteiger partial charge in [-0.3, -0.25) is 4.79 Å². The van der Waals surface area contributed by atoms with Crippen LogP contribution >= 0.6 is 0 Å². The van der Waals surface area contributed by atoms with Crippen LogP contribution in [0.25, 0.3) is 0 Å². The van der Waals surface area contributed by atoms with Gasteiger partial charge in [0.1, 0.15) is 6.10 Å².